The molecule has 0 aromatic carbocycles. The van der Waals surface area contributed by atoms with E-state index in [0.29, 0.717) is 24.8 Å². The van der Waals surface area contributed by atoms with E-state index in [-0.39, 0.29) is 18.0 Å². The van der Waals surface area contributed by atoms with E-state index in [9.17, 15) is 24.3 Å². The first kappa shape index (κ1) is 26.5. The third-order valence-electron chi connectivity index (χ3n) is 9.98. The second-order valence-corrected chi connectivity index (χ2v) is 11.7. The molecule has 38 heavy (non-hydrogen) atoms. The van der Waals surface area contributed by atoms with Crippen LogP contribution in [0.25, 0.3) is 0 Å². The maximum Gasteiger partial charge on any atom is 0.375 e. The Morgan fingerprint density at radius 2 is 1.97 bits per heavy atom. The molecule has 8 nitrogen and oxygen atoms in total. The summed E-state index contributed by atoms with van der Waals surface area (Å²) in [5.74, 6) is -4.13. The molecule has 0 saturated heterocycles. The van der Waals surface area contributed by atoms with Crippen molar-refractivity contribution in [3.63, 3.8) is 0 Å². The predicted octanol–water partition coefficient (Wildman–Crippen LogP) is 3.92. The van der Waals surface area contributed by atoms with Crippen molar-refractivity contribution in [1.29, 1.82) is 0 Å². The lowest BCUT2D eigenvalue weighted by atomic mass is 9.44. The fourth-order valence-electron chi connectivity index (χ4n) is 8.26. The van der Waals surface area contributed by atoms with E-state index in [1.165, 1.54) is 37.5 Å². The number of aliphatic hydroxyl groups excluding tert-OH is 1. The van der Waals surface area contributed by atoms with Gasteiger partial charge in [0.2, 0.25) is 11.5 Å². The number of aliphatic hydroxyl groups is 1. The van der Waals surface area contributed by atoms with Gasteiger partial charge in [-0.15, -0.1) is 0 Å². The summed E-state index contributed by atoms with van der Waals surface area (Å²) in [6.45, 7) is 5.80. The number of fused-ring (bicyclic) bond motifs is 5. The van der Waals surface area contributed by atoms with Crippen LogP contribution in [0.4, 0.5) is 4.39 Å². The number of allylic oxidation sites excluding steroid dienone is 4. The zero-order valence-electron chi connectivity index (χ0n) is 22.0. The van der Waals surface area contributed by atoms with Gasteiger partial charge in [0.25, 0.3) is 0 Å². The molecule has 0 spiro atoms. The molecule has 1 aromatic rings. The number of carbonyl (C=O) groups excluding carboxylic acids is 4. The predicted molar refractivity (Wildman–Crippen MR) is 131 cm³/mol. The van der Waals surface area contributed by atoms with Crippen LogP contribution in [0.1, 0.15) is 63.9 Å². The van der Waals surface area contributed by atoms with Gasteiger partial charge in [-0.2, -0.15) is 0 Å². The molecular weight excluding hydrogens is 495 g/mol. The number of Topliss-reactive ketones (excluding diaryl/α,β-unsaturated/α-hetero) is 1. The van der Waals surface area contributed by atoms with Crippen LogP contribution >= 0.6 is 0 Å². The molecular formula is C29H33FO8. The summed E-state index contributed by atoms with van der Waals surface area (Å²) in [7, 11) is 0. The Hall–Kier alpha value is -3.07. The summed E-state index contributed by atoms with van der Waals surface area (Å²) in [4.78, 5) is 50.8. The van der Waals surface area contributed by atoms with Gasteiger partial charge < -0.3 is 19.0 Å². The fraction of sp³-hybridized carbons (Fsp3) is 0.586. The molecule has 5 rings (SSSR count). The van der Waals surface area contributed by atoms with E-state index in [0.717, 1.165) is 0 Å². The van der Waals surface area contributed by atoms with E-state index in [2.05, 4.69) is 0 Å². The molecule has 8 atom stereocenters. The highest BCUT2D eigenvalue weighted by Crippen LogP contribution is 2.71. The molecule has 1 aromatic heterocycles. The molecule has 0 amide bonds. The van der Waals surface area contributed by atoms with Crippen molar-refractivity contribution < 1.29 is 42.6 Å². The quantitative estimate of drug-likeness (QED) is 0.571. The van der Waals surface area contributed by atoms with Crippen molar-refractivity contribution >= 4 is 23.5 Å². The van der Waals surface area contributed by atoms with Crippen LogP contribution in [0.5, 0.6) is 0 Å². The van der Waals surface area contributed by atoms with Gasteiger partial charge in [0.15, 0.2) is 23.7 Å². The number of halogens is 1. The van der Waals surface area contributed by atoms with Gasteiger partial charge >= 0.3 is 11.9 Å². The zero-order valence-corrected chi connectivity index (χ0v) is 22.0. The van der Waals surface area contributed by atoms with Gasteiger partial charge in [-0.05, 0) is 62.8 Å². The average molecular weight is 529 g/mol. The first-order valence-electron chi connectivity index (χ1n) is 13.1. The van der Waals surface area contributed by atoms with E-state index in [1.807, 2.05) is 0 Å². The first-order valence-corrected chi connectivity index (χ1v) is 13.1. The number of furan rings is 1. The highest BCUT2D eigenvalue weighted by molar-refractivity contribution is 6.01. The topological polar surface area (TPSA) is 120 Å². The van der Waals surface area contributed by atoms with Gasteiger partial charge in [-0.25, -0.2) is 9.18 Å². The maximum absolute atomic E-state index is 17.5. The monoisotopic (exact) mass is 528 g/mol. The second-order valence-electron chi connectivity index (χ2n) is 11.7. The van der Waals surface area contributed by atoms with Gasteiger partial charge in [0, 0.05) is 29.6 Å². The molecule has 3 fully saturated rings. The first-order chi connectivity index (χ1) is 17.8. The molecule has 3 saturated carbocycles. The van der Waals surface area contributed by atoms with Crippen LogP contribution < -0.4 is 0 Å². The molecule has 4 aliphatic rings. The standard InChI is InChI=1S/C29H33FO8/c1-16-12-21-20-8-7-18-13-19(32)9-10-26(18,3)28(20,30)23(33)14-27(21,4)29(16,24(34)15-37-17(2)31)38-25(35)22-6-5-11-36-22/h5-6,9-11,13,16,20-21,23,33H,7-8,12,14-15H2,1-4H3. The molecule has 0 bridgehead atoms. The normalized spacial score (nSPS) is 41.4. The lowest BCUT2D eigenvalue weighted by molar-refractivity contribution is -0.220. The number of hydrogen-bond donors (Lipinski definition) is 1. The number of ketones is 2. The highest BCUT2D eigenvalue weighted by Gasteiger charge is 2.77. The second kappa shape index (κ2) is 8.73. The molecule has 0 aliphatic heterocycles. The van der Waals surface area contributed by atoms with Crippen molar-refractivity contribution in [2.24, 2.45) is 28.6 Å². The van der Waals surface area contributed by atoms with E-state index in [4.69, 9.17) is 13.9 Å². The number of alkyl halides is 1. The molecule has 8 unspecified atom stereocenters. The number of esters is 2. The van der Waals surface area contributed by atoms with Gasteiger partial charge in [-0.1, -0.05) is 25.5 Å². The Morgan fingerprint density at radius 1 is 1.24 bits per heavy atom. The van der Waals surface area contributed by atoms with E-state index >= 15 is 4.39 Å². The third kappa shape index (κ3) is 3.36. The molecule has 0 radical (unpaired) electrons. The Kier molecular flexibility index (Phi) is 6.09. The average Bonchev–Trinajstić information content (AvgIpc) is 3.46. The van der Waals surface area contributed by atoms with Crippen molar-refractivity contribution in [1.82, 2.24) is 0 Å². The van der Waals surface area contributed by atoms with Crippen molar-refractivity contribution in [3.8, 4) is 0 Å². The molecule has 204 valence electrons. The van der Waals surface area contributed by atoms with Gasteiger partial charge in [0.05, 0.1) is 12.4 Å². The zero-order chi connectivity index (χ0) is 27.7. The minimum Gasteiger partial charge on any atom is -0.458 e. The summed E-state index contributed by atoms with van der Waals surface area (Å²) in [6.07, 6.45) is 5.19. The van der Waals surface area contributed by atoms with Crippen LogP contribution in [0.15, 0.2) is 46.6 Å². The SMILES string of the molecule is CC(=O)OCC(=O)C1(OC(=O)c2ccco2)C(C)CC2C3CCC4=CC(=O)C=CC4(C)C3(F)C(O)CC21C. The van der Waals surface area contributed by atoms with Crippen LogP contribution in [0, 0.1) is 28.6 Å². The van der Waals surface area contributed by atoms with Gasteiger partial charge in [0.1, 0.15) is 0 Å². The lowest BCUT2D eigenvalue weighted by Crippen LogP contribution is -2.70. The molecule has 1 heterocycles. The van der Waals surface area contributed by atoms with Crippen molar-refractivity contribution in [3.05, 3.63) is 48.0 Å². The number of carbonyl (C=O) groups is 4. The summed E-state index contributed by atoms with van der Waals surface area (Å²) in [5.41, 5.74) is -5.60. The largest absolute Gasteiger partial charge is 0.458 e. The van der Waals surface area contributed by atoms with Crippen LogP contribution in [0.2, 0.25) is 0 Å². The molecule has 1 N–H and O–H groups in total. The third-order valence-corrected chi connectivity index (χ3v) is 9.98. The van der Waals surface area contributed by atoms with E-state index < -0.39 is 70.3 Å². The minimum absolute atomic E-state index is 0.0999. The van der Waals surface area contributed by atoms with Crippen LogP contribution in [-0.2, 0) is 23.9 Å². The minimum atomic E-state index is -2.10. The number of hydrogen-bond acceptors (Lipinski definition) is 8. The molecule has 9 heteroatoms. The van der Waals surface area contributed by atoms with Crippen molar-refractivity contribution in [2.75, 3.05) is 6.61 Å². The van der Waals surface area contributed by atoms with Crippen LogP contribution in [-0.4, -0.2) is 52.6 Å². The Morgan fingerprint density at radius 3 is 2.63 bits per heavy atom. The Labute approximate surface area is 220 Å². The summed E-state index contributed by atoms with van der Waals surface area (Å²) in [5, 5.41) is 11.6. The lowest BCUT2D eigenvalue weighted by Gasteiger charge is -2.62. The summed E-state index contributed by atoms with van der Waals surface area (Å²) < 4.78 is 33.8. The smallest absolute Gasteiger partial charge is 0.375 e. The molecule has 4 aliphatic carbocycles. The van der Waals surface area contributed by atoms with Gasteiger partial charge in [-0.3, -0.25) is 14.4 Å². The highest BCUT2D eigenvalue weighted by atomic mass is 19.1. The maximum atomic E-state index is 17.5. The summed E-state index contributed by atoms with van der Waals surface area (Å²) in [6, 6.07) is 2.94. The number of ether oxygens (including phenoxy) is 2. The fourth-order valence-corrected chi connectivity index (χ4v) is 8.26. The Balaban J connectivity index is 1.61. The Bertz CT molecular complexity index is 1250. The van der Waals surface area contributed by atoms with E-state index in [1.54, 1.807) is 26.8 Å². The summed E-state index contributed by atoms with van der Waals surface area (Å²) >= 11 is 0. The van der Waals surface area contributed by atoms with Crippen molar-refractivity contribution in [2.45, 2.75) is 70.8 Å². The van der Waals surface area contributed by atoms with Crippen LogP contribution in [0.3, 0.4) is 0 Å². The number of rotatable bonds is 5.